The van der Waals surface area contributed by atoms with Crippen LogP contribution in [0.15, 0.2) is 18.2 Å². The molecule has 1 aliphatic carbocycles. The molecule has 1 saturated carbocycles. The van der Waals surface area contributed by atoms with Crippen molar-refractivity contribution in [1.82, 2.24) is 0 Å². The number of nitro groups is 1. The van der Waals surface area contributed by atoms with Crippen LogP contribution in [0.4, 0.5) is 11.4 Å². The average Bonchev–Trinajstić information content (AvgIpc) is 2.75. The molecule has 18 heavy (non-hydrogen) atoms. The number of benzene rings is 1. The van der Waals surface area contributed by atoms with Crippen LogP contribution in [0.1, 0.15) is 19.3 Å². The number of hydrogen-bond donors (Lipinski definition) is 2. The van der Waals surface area contributed by atoms with Crippen LogP contribution in [-0.4, -0.2) is 24.1 Å². The van der Waals surface area contributed by atoms with E-state index in [9.17, 15) is 10.1 Å². The Kier molecular flexibility index (Phi) is 3.66. The third-order valence-electron chi connectivity index (χ3n) is 3.23. The SMILES string of the molecule is COc1ccc(NC2CCC(N)C2)c([N+](=O)[O-])c1. The van der Waals surface area contributed by atoms with E-state index in [0.29, 0.717) is 11.4 Å². The first-order chi connectivity index (χ1) is 8.60. The van der Waals surface area contributed by atoms with Gasteiger partial charge in [0, 0.05) is 12.1 Å². The molecule has 0 heterocycles. The Morgan fingerprint density at radius 1 is 1.50 bits per heavy atom. The van der Waals surface area contributed by atoms with Crippen molar-refractivity contribution in [1.29, 1.82) is 0 Å². The molecule has 6 heteroatoms. The molecule has 0 spiro atoms. The van der Waals surface area contributed by atoms with E-state index >= 15 is 0 Å². The van der Waals surface area contributed by atoms with E-state index in [1.807, 2.05) is 0 Å². The molecular weight excluding hydrogens is 234 g/mol. The summed E-state index contributed by atoms with van der Waals surface area (Å²) >= 11 is 0. The smallest absolute Gasteiger partial charge is 0.296 e. The standard InChI is InChI=1S/C12H17N3O3/c1-18-10-4-5-11(12(7-10)15(16)17)14-9-3-2-8(13)6-9/h4-5,7-9,14H,2-3,6,13H2,1H3. The molecule has 6 nitrogen and oxygen atoms in total. The Bertz CT molecular complexity index is 450. The zero-order valence-electron chi connectivity index (χ0n) is 10.3. The summed E-state index contributed by atoms with van der Waals surface area (Å²) < 4.78 is 4.99. The summed E-state index contributed by atoms with van der Waals surface area (Å²) in [5.41, 5.74) is 6.39. The quantitative estimate of drug-likeness (QED) is 0.630. The van der Waals surface area contributed by atoms with Crippen LogP contribution in [0.5, 0.6) is 5.75 Å². The van der Waals surface area contributed by atoms with E-state index in [0.717, 1.165) is 19.3 Å². The molecule has 0 aromatic heterocycles. The summed E-state index contributed by atoms with van der Waals surface area (Å²) in [4.78, 5) is 10.6. The maximum atomic E-state index is 11.0. The lowest BCUT2D eigenvalue weighted by Crippen LogP contribution is -2.21. The minimum atomic E-state index is -0.403. The number of nitro benzene ring substituents is 1. The fourth-order valence-electron chi connectivity index (χ4n) is 2.28. The van der Waals surface area contributed by atoms with Gasteiger partial charge in [-0.05, 0) is 31.4 Å². The van der Waals surface area contributed by atoms with Gasteiger partial charge in [-0.25, -0.2) is 0 Å². The molecule has 1 aromatic carbocycles. The second-order valence-electron chi connectivity index (χ2n) is 4.55. The number of hydrogen-bond acceptors (Lipinski definition) is 5. The van der Waals surface area contributed by atoms with Gasteiger partial charge in [0.15, 0.2) is 0 Å². The monoisotopic (exact) mass is 251 g/mol. The fraction of sp³-hybridized carbons (Fsp3) is 0.500. The van der Waals surface area contributed by atoms with Gasteiger partial charge in [0.05, 0.1) is 18.1 Å². The summed E-state index contributed by atoms with van der Waals surface area (Å²) in [7, 11) is 1.49. The van der Waals surface area contributed by atoms with Gasteiger partial charge in [0.1, 0.15) is 11.4 Å². The van der Waals surface area contributed by atoms with Gasteiger partial charge in [-0.1, -0.05) is 0 Å². The molecule has 0 saturated heterocycles. The second-order valence-corrected chi connectivity index (χ2v) is 4.55. The minimum absolute atomic E-state index is 0.0369. The summed E-state index contributed by atoms with van der Waals surface area (Å²) in [5, 5.41) is 14.2. The average molecular weight is 251 g/mol. The molecule has 0 amide bonds. The highest BCUT2D eigenvalue weighted by atomic mass is 16.6. The molecule has 3 N–H and O–H groups in total. The third-order valence-corrected chi connectivity index (χ3v) is 3.23. The first-order valence-electron chi connectivity index (χ1n) is 5.94. The number of nitrogens with one attached hydrogen (secondary N) is 1. The highest BCUT2D eigenvalue weighted by Gasteiger charge is 2.24. The van der Waals surface area contributed by atoms with Crippen molar-refractivity contribution in [2.75, 3.05) is 12.4 Å². The third kappa shape index (κ3) is 2.70. The van der Waals surface area contributed by atoms with E-state index in [4.69, 9.17) is 10.5 Å². The van der Waals surface area contributed by atoms with Crippen LogP contribution in [0.2, 0.25) is 0 Å². The zero-order valence-corrected chi connectivity index (χ0v) is 10.3. The molecule has 0 radical (unpaired) electrons. The van der Waals surface area contributed by atoms with Crippen molar-refractivity contribution in [3.8, 4) is 5.75 Å². The molecule has 2 atom stereocenters. The first kappa shape index (κ1) is 12.6. The molecule has 0 bridgehead atoms. The molecule has 1 fully saturated rings. The number of ether oxygens (including phenoxy) is 1. The van der Waals surface area contributed by atoms with Crippen molar-refractivity contribution in [3.05, 3.63) is 28.3 Å². The number of methoxy groups -OCH3 is 1. The number of anilines is 1. The molecule has 98 valence electrons. The van der Waals surface area contributed by atoms with Gasteiger partial charge in [0.25, 0.3) is 5.69 Å². The van der Waals surface area contributed by atoms with Gasteiger partial charge in [0.2, 0.25) is 0 Å². The van der Waals surface area contributed by atoms with E-state index in [1.165, 1.54) is 13.2 Å². The van der Waals surface area contributed by atoms with Crippen LogP contribution in [0.3, 0.4) is 0 Å². The van der Waals surface area contributed by atoms with Gasteiger partial charge < -0.3 is 15.8 Å². The number of nitrogens with two attached hydrogens (primary N) is 1. The molecule has 2 rings (SSSR count). The lowest BCUT2D eigenvalue weighted by molar-refractivity contribution is -0.384. The normalized spacial score (nSPS) is 22.8. The maximum absolute atomic E-state index is 11.0. The van der Waals surface area contributed by atoms with Crippen LogP contribution in [0.25, 0.3) is 0 Å². The molecule has 2 unspecified atom stereocenters. The zero-order chi connectivity index (χ0) is 13.1. The molecule has 0 aliphatic heterocycles. The highest BCUT2D eigenvalue weighted by molar-refractivity contribution is 5.64. The predicted molar refractivity (Wildman–Crippen MR) is 68.9 cm³/mol. The van der Waals surface area contributed by atoms with Gasteiger partial charge >= 0.3 is 0 Å². The van der Waals surface area contributed by atoms with E-state index in [1.54, 1.807) is 12.1 Å². The second kappa shape index (κ2) is 5.22. The Morgan fingerprint density at radius 3 is 2.83 bits per heavy atom. The predicted octanol–water partition coefficient (Wildman–Crippen LogP) is 1.90. The Labute approximate surface area is 105 Å². The van der Waals surface area contributed by atoms with Crippen LogP contribution < -0.4 is 15.8 Å². The van der Waals surface area contributed by atoms with E-state index in [-0.39, 0.29) is 17.8 Å². The summed E-state index contributed by atoms with van der Waals surface area (Å²) in [6, 6.07) is 5.23. The van der Waals surface area contributed by atoms with Crippen molar-refractivity contribution in [2.24, 2.45) is 5.73 Å². The Morgan fingerprint density at radius 2 is 2.28 bits per heavy atom. The first-order valence-corrected chi connectivity index (χ1v) is 5.94. The van der Waals surface area contributed by atoms with Crippen LogP contribution in [-0.2, 0) is 0 Å². The van der Waals surface area contributed by atoms with Crippen LogP contribution >= 0.6 is 0 Å². The van der Waals surface area contributed by atoms with Gasteiger partial charge in [-0.2, -0.15) is 0 Å². The van der Waals surface area contributed by atoms with Crippen molar-refractivity contribution >= 4 is 11.4 Å². The largest absolute Gasteiger partial charge is 0.496 e. The van der Waals surface area contributed by atoms with Crippen molar-refractivity contribution in [2.45, 2.75) is 31.3 Å². The van der Waals surface area contributed by atoms with Crippen molar-refractivity contribution < 1.29 is 9.66 Å². The minimum Gasteiger partial charge on any atom is -0.496 e. The molecule has 1 aromatic rings. The van der Waals surface area contributed by atoms with E-state index < -0.39 is 4.92 Å². The van der Waals surface area contributed by atoms with Gasteiger partial charge in [-0.3, -0.25) is 10.1 Å². The number of nitrogens with zero attached hydrogens (tertiary/aromatic N) is 1. The Hall–Kier alpha value is -1.82. The highest BCUT2D eigenvalue weighted by Crippen LogP contribution is 2.31. The molecular formula is C12H17N3O3. The van der Waals surface area contributed by atoms with Crippen LogP contribution in [0, 0.1) is 10.1 Å². The topological polar surface area (TPSA) is 90.4 Å². The van der Waals surface area contributed by atoms with Crippen molar-refractivity contribution in [3.63, 3.8) is 0 Å². The number of rotatable bonds is 4. The Balaban J connectivity index is 2.18. The summed E-state index contributed by atoms with van der Waals surface area (Å²) in [5.74, 6) is 0.482. The maximum Gasteiger partial charge on any atom is 0.296 e. The summed E-state index contributed by atoms with van der Waals surface area (Å²) in [6.07, 6.45) is 2.76. The fourth-order valence-corrected chi connectivity index (χ4v) is 2.28. The van der Waals surface area contributed by atoms with E-state index in [2.05, 4.69) is 5.32 Å². The lowest BCUT2D eigenvalue weighted by atomic mass is 10.2. The summed E-state index contributed by atoms with van der Waals surface area (Å²) in [6.45, 7) is 0. The van der Waals surface area contributed by atoms with Gasteiger partial charge in [-0.15, -0.1) is 0 Å². The molecule has 1 aliphatic rings. The lowest BCUT2D eigenvalue weighted by Gasteiger charge is -2.14.